The van der Waals surface area contributed by atoms with Gasteiger partial charge in [-0.3, -0.25) is 4.79 Å². The molecule has 3 aromatic carbocycles. The molecule has 1 atom stereocenters. The van der Waals surface area contributed by atoms with E-state index in [9.17, 15) is 22.0 Å². The predicted molar refractivity (Wildman–Crippen MR) is 113 cm³/mol. The Kier molecular flexibility index (Phi) is 6.96. The van der Waals surface area contributed by atoms with Gasteiger partial charge in [0.25, 0.3) is 0 Å². The Hall–Kier alpha value is -2.62. The van der Waals surface area contributed by atoms with Gasteiger partial charge in [0.2, 0.25) is 15.9 Å². The fraction of sp³-hybridized carbons (Fsp3) is 0.0952. The van der Waals surface area contributed by atoms with E-state index in [1.54, 1.807) is 42.5 Å². The van der Waals surface area contributed by atoms with Crippen LogP contribution < -0.4 is 10.0 Å². The summed E-state index contributed by atoms with van der Waals surface area (Å²) >= 11 is 3.23. The van der Waals surface area contributed by atoms with E-state index in [1.807, 2.05) is 0 Å². The van der Waals surface area contributed by atoms with Crippen LogP contribution in [0.2, 0.25) is 0 Å². The summed E-state index contributed by atoms with van der Waals surface area (Å²) in [7, 11) is -4.05. The minimum absolute atomic E-state index is 0.0133. The van der Waals surface area contributed by atoms with E-state index in [4.69, 9.17) is 0 Å². The summed E-state index contributed by atoms with van der Waals surface area (Å²) < 4.78 is 56.0. The van der Waals surface area contributed by atoms with Crippen LogP contribution in [-0.4, -0.2) is 20.4 Å². The minimum Gasteiger partial charge on any atom is -0.322 e. The largest absolute Gasteiger partial charge is 0.322 e. The lowest BCUT2D eigenvalue weighted by atomic mass is 10.1. The van der Waals surface area contributed by atoms with Gasteiger partial charge in [-0.1, -0.05) is 46.3 Å². The van der Waals surface area contributed by atoms with Gasteiger partial charge in [-0.2, -0.15) is 4.72 Å². The average molecular weight is 495 g/mol. The Balaban J connectivity index is 1.88. The lowest BCUT2D eigenvalue weighted by Crippen LogP contribution is -2.45. The number of benzene rings is 3. The van der Waals surface area contributed by atoms with Gasteiger partial charge in [-0.25, -0.2) is 17.2 Å². The molecule has 9 heteroatoms. The Morgan fingerprint density at radius 1 is 0.967 bits per heavy atom. The molecule has 0 heterocycles. The summed E-state index contributed by atoms with van der Waals surface area (Å²) in [5.41, 5.74) is 0.316. The van der Waals surface area contributed by atoms with Crippen LogP contribution in [0.5, 0.6) is 0 Å². The van der Waals surface area contributed by atoms with E-state index in [0.717, 1.165) is 18.2 Å². The highest BCUT2D eigenvalue weighted by Gasteiger charge is 2.27. The molecule has 0 aliphatic carbocycles. The monoisotopic (exact) mass is 494 g/mol. The van der Waals surface area contributed by atoms with Crippen molar-refractivity contribution in [1.29, 1.82) is 0 Å². The van der Waals surface area contributed by atoms with Crippen molar-refractivity contribution in [2.24, 2.45) is 0 Å². The fourth-order valence-corrected chi connectivity index (χ4v) is 4.18. The quantitative estimate of drug-likeness (QED) is 0.515. The van der Waals surface area contributed by atoms with Crippen LogP contribution in [0, 0.1) is 11.6 Å². The summed E-state index contributed by atoms with van der Waals surface area (Å²) in [5, 5.41) is 2.27. The molecule has 0 unspecified atom stereocenters. The van der Waals surface area contributed by atoms with Gasteiger partial charge in [0.1, 0.15) is 17.7 Å². The van der Waals surface area contributed by atoms with Gasteiger partial charge in [0.05, 0.1) is 10.6 Å². The number of sulfonamides is 1. The number of anilines is 1. The number of hydrogen-bond acceptors (Lipinski definition) is 3. The topological polar surface area (TPSA) is 75.3 Å². The minimum atomic E-state index is -4.05. The zero-order chi connectivity index (χ0) is 21.7. The highest BCUT2D eigenvalue weighted by molar-refractivity contribution is 9.10. The van der Waals surface area contributed by atoms with Crippen LogP contribution >= 0.6 is 15.9 Å². The molecule has 0 saturated carbocycles. The molecule has 1 amide bonds. The van der Waals surface area contributed by atoms with E-state index in [2.05, 4.69) is 26.0 Å². The van der Waals surface area contributed by atoms with Crippen molar-refractivity contribution in [3.05, 3.63) is 94.5 Å². The smallest absolute Gasteiger partial charge is 0.242 e. The van der Waals surface area contributed by atoms with Crippen molar-refractivity contribution in [3.8, 4) is 0 Å². The fourth-order valence-electron chi connectivity index (χ4n) is 2.72. The Morgan fingerprint density at radius 3 is 2.30 bits per heavy atom. The maximum Gasteiger partial charge on any atom is 0.242 e. The first kappa shape index (κ1) is 22.1. The normalized spacial score (nSPS) is 12.4. The van der Waals surface area contributed by atoms with Gasteiger partial charge >= 0.3 is 0 Å². The number of hydrogen-bond donors (Lipinski definition) is 2. The van der Waals surface area contributed by atoms with Crippen molar-refractivity contribution in [3.63, 3.8) is 0 Å². The number of amides is 1. The van der Waals surface area contributed by atoms with E-state index >= 15 is 0 Å². The maximum absolute atomic E-state index is 13.9. The predicted octanol–water partition coefficient (Wildman–Crippen LogP) is 4.26. The van der Waals surface area contributed by atoms with E-state index in [0.29, 0.717) is 10.0 Å². The summed E-state index contributed by atoms with van der Waals surface area (Å²) in [6, 6.07) is 16.0. The molecule has 0 radical (unpaired) electrons. The Morgan fingerprint density at radius 2 is 1.63 bits per heavy atom. The molecule has 156 valence electrons. The third-order valence-electron chi connectivity index (χ3n) is 4.21. The lowest BCUT2D eigenvalue weighted by Gasteiger charge is -2.19. The van der Waals surface area contributed by atoms with Crippen LogP contribution in [0.1, 0.15) is 5.56 Å². The Bertz CT molecular complexity index is 1140. The molecule has 0 saturated heterocycles. The van der Waals surface area contributed by atoms with Gasteiger partial charge in [-0.15, -0.1) is 0 Å². The zero-order valence-electron chi connectivity index (χ0n) is 15.5. The maximum atomic E-state index is 13.9. The van der Waals surface area contributed by atoms with Gasteiger partial charge < -0.3 is 5.32 Å². The van der Waals surface area contributed by atoms with Gasteiger partial charge in [0.15, 0.2) is 0 Å². The molecule has 0 spiro atoms. The lowest BCUT2D eigenvalue weighted by molar-refractivity contribution is -0.117. The molecule has 30 heavy (non-hydrogen) atoms. The molecule has 0 aromatic heterocycles. The van der Waals surface area contributed by atoms with Crippen molar-refractivity contribution in [1.82, 2.24) is 4.72 Å². The average Bonchev–Trinajstić information content (AvgIpc) is 2.71. The SMILES string of the molecule is O=C(Nc1cc(F)ccc1F)[C@@H](Cc1ccccc1)NS(=O)(=O)c1ccc(Br)cc1. The van der Waals surface area contributed by atoms with E-state index in [-0.39, 0.29) is 17.0 Å². The first-order valence-electron chi connectivity index (χ1n) is 8.82. The second kappa shape index (κ2) is 9.46. The van der Waals surface area contributed by atoms with E-state index < -0.39 is 33.6 Å². The molecule has 3 aromatic rings. The molecule has 0 aliphatic heterocycles. The zero-order valence-corrected chi connectivity index (χ0v) is 17.9. The number of carbonyl (C=O) groups is 1. The number of nitrogens with one attached hydrogen (secondary N) is 2. The molecule has 0 bridgehead atoms. The van der Waals surface area contributed by atoms with Crippen molar-refractivity contribution in [2.75, 3.05) is 5.32 Å². The van der Waals surface area contributed by atoms with Crippen molar-refractivity contribution in [2.45, 2.75) is 17.4 Å². The molecule has 5 nitrogen and oxygen atoms in total. The molecule has 0 aliphatic rings. The number of rotatable bonds is 7. The standard InChI is InChI=1S/C21H17BrF2N2O3S/c22-15-6-9-17(10-7-15)30(28,29)26-20(12-14-4-2-1-3-5-14)21(27)25-19-13-16(23)8-11-18(19)24/h1-11,13,20,26H,12H2,(H,25,27)/t20-/m1/s1. The first-order chi connectivity index (χ1) is 14.2. The summed E-state index contributed by atoms with van der Waals surface area (Å²) in [6.45, 7) is 0. The first-order valence-corrected chi connectivity index (χ1v) is 11.1. The molecule has 0 fully saturated rings. The summed E-state index contributed by atoms with van der Waals surface area (Å²) in [5.74, 6) is -2.38. The van der Waals surface area contributed by atoms with Crippen molar-refractivity contribution >= 4 is 37.5 Å². The van der Waals surface area contributed by atoms with Crippen LogP contribution in [0.15, 0.2) is 82.2 Å². The summed E-state index contributed by atoms with van der Waals surface area (Å²) in [4.78, 5) is 12.8. The second-order valence-corrected chi connectivity index (χ2v) is 9.06. The third-order valence-corrected chi connectivity index (χ3v) is 6.22. The Labute approximate surface area is 181 Å². The molecular weight excluding hydrogens is 478 g/mol. The number of carbonyl (C=O) groups excluding carboxylic acids is 1. The second-order valence-electron chi connectivity index (χ2n) is 6.43. The van der Waals surface area contributed by atoms with E-state index in [1.165, 1.54) is 12.1 Å². The van der Waals surface area contributed by atoms with Gasteiger partial charge in [0, 0.05) is 10.5 Å². The number of halogens is 3. The van der Waals surface area contributed by atoms with Gasteiger partial charge in [-0.05, 0) is 48.4 Å². The van der Waals surface area contributed by atoms with Crippen LogP contribution in [0.3, 0.4) is 0 Å². The third kappa shape index (κ3) is 5.71. The van der Waals surface area contributed by atoms with Crippen molar-refractivity contribution < 1.29 is 22.0 Å². The van der Waals surface area contributed by atoms with Crippen LogP contribution in [0.25, 0.3) is 0 Å². The summed E-state index contributed by atoms with van der Waals surface area (Å²) in [6.07, 6.45) is 0.0133. The van der Waals surface area contributed by atoms with Crippen LogP contribution in [0.4, 0.5) is 14.5 Å². The molecule has 3 rings (SSSR count). The molecule has 2 N–H and O–H groups in total. The van der Waals surface area contributed by atoms with Crippen LogP contribution in [-0.2, 0) is 21.2 Å². The molecular formula is C21H17BrF2N2O3S. The highest BCUT2D eigenvalue weighted by Crippen LogP contribution is 2.18. The highest BCUT2D eigenvalue weighted by atomic mass is 79.9.